The van der Waals surface area contributed by atoms with Crippen LogP contribution >= 0.6 is 0 Å². The van der Waals surface area contributed by atoms with Crippen LogP contribution in [0, 0.1) is 6.92 Å². The van der Waals surface area contributed by atoms with Crippen molar-refractivity contribution in [3.8, 4) is 0 Å². The largest absolute Gasteiger partial charge is 0.382 e. The van der Waals surface area contributed by atoms with Gasteiger partial charge in [0.05, 0.1) is 5.69 Å². The van der Waals surface area contributed by atoms with E-state index in [0.29, 0.717) is 5.69 Å². The van der Waals surface area contributed by atoms with Crippen LogP contribution in [0.15, 0.2) is 48.8 Å². The SMILES string of the molecule is Cc1ccc(C(O)c2c[nH]c3ccccc23)nc1. The first-order valence-electron chi connectivity index (χ1n) is 5.92. The summed E-state index contributed by atoms with van der Waals surface area (Å²) in [5, 5.41) is 11.4. The number of aromatic amines is 1. The maximum Gasteiger partial charge on any atom is 0.123 e. The van der Waals surface area contributed by atoms with Crippen LogP contribution in [0.1, 0.15) is 22.9 Å². The zero-order chi connectivity index (χ0) is 12.5. The molecule has 2 N–H and O–H groups in total. The predicted molar refractivity (Wildman–Crippen MR) is 71.3 cm³/mol. The molecule has 2 heterocycles. The number of aromatic nitrogens is 2. The van der Waals surface area contributed by atoms with Gasteiger partial charge in [0.15, 0.2) is 0 Å². The van der Waals surface area contributed by atoms with E-state index >= 15 is 0 Å². The third-order valence-corrected chi connectivity index (χ3v) is 3.13. The van der Waals surface area contributed by atoms with E-state index in [-0.39, 0.29) is 0 Å². The molecule has 3 heteroatoms. The summed E-state index contributed by atoms with van der Waals surface area (Å²) in [5.41, 5.74) is 3.65. The number of H-pyrrole nitrogens is 1. The molecule has 1 atom stereocenters. The lowest BCUT2D eigenvalue weighted by atomic mass is 10.0. The Morgan fingerprint density at radius 3 is 2.78 bits per heavy atom. The highest BCUT2D eigenvalue weighted by atomic mass is 16.3. The number of benzene rings is 1. The summed E-state index contributed by atoms with van der Waals surface area (Å²) in [4.78, 5) is 7.44. The van der Waals surface area contributed by atoms with E-state index in [4.69, 9.17) is 0 Å². The molecule has 0 aliphatic rings. The Morgan fingerprint density at radius 2 is 2.00 bits per heavy atom. The molecule has 3 nitrogen and oxygen atoms in total. The number of rotatable bonds is 2. The first kappa shape index (κ1) is 11.0. The molecule has 0 aliphatic carbocycles. The molecule has 0 spiro atoms. The molecule has 90 valence electrons. The van der Waals surface area contributed by atoms with Crippen LogP contribution in [-0.2, 0) is 0 Å². The van der Waals surface area contributed by atoms with E-state index in [1.54, 1.807) is 6.20 Å². The number of para-hydroxylation sites is 1. The van der Waals surface area contributed by atoms with Crippen molar-refractivity contribution in [2.45, 2.75) is 13.0 Å². The number of nitrogens with zero attached hydrogens (tertiary/aromatic N) is 1. The lowest BCUT2D eigenvalue weighted by Crippen LogP contribution is -2.01. The number of pyridine rings is 1. The van der Waals surface area contributed by atoms with Crippen LogP contribution < -0.4 is 0 Å². The lowest BCUT2D eigenvalue weighted by molar-refractivity contribution is 0.217. The van der Waals surface area contributed by atoms with E-state index in [1.165, 1.54) is 0 Å². The van der Waals surface area contributed by atoms with E-state index < -0.39 is 6.10 Å². The minimum absolute atomic E-state index is 0.672. The fourth-order valence-corrected chi connectivity index (χ4v) is 2.12. The Labute approximate surface area is 105 Å². The number of aryl methyl sites for hydroxylation is 1. The Balaban J connectivity index is 2.06. The number of fused-ring (bicyclic) bond motifs is 1. The van der Waals surface area contributed by atoms with E-state index in [2.05, 4.69) is 9.97 Å². The molecule has 18 heavy (non-hydrogen) atoms. The minimum Gasteiger partial charge on any atom is -0.382 e. The minimum atomic E-state index is -0.693. The van der Waals surface area contributed by atoms with Crippen LogP contribution in [0.2, 0.25) is 0 Å². The smallest absolute Gasteiger partial charge is 0.123 e. The van der Waals surface area contributed by atoms with Gasteiger partial charge >= 0.3 is 0 Å². The average Bonchev–Trinajstić information content (AvgIpc) is 2.82. The maximum absolute atomic E-state index is 10.4. The summed E-state index contributed by atoms with van der Waals surface area (Å²) in [5.74, 6) is 0. The van der Waals surface area contributed by atoms with Crippen molar-refractivity contribution in [2.24, 2.45) is 0 Å². The standard InChI is InChI=1S/C15H14N2O/c1-10-6-7-14(16-8-10)15(18)12-9-17-13-5-3-2-4-11(12)13/h2-9,15,17-18H,1H3. The summed E-state index contributed by atoms with van der Waals surface area (Å²) in [6.07, 6.45) is 2.92. The molecular formula is C15H14N2O. The van der Waals surface area contributed by atoms with Gasteiger partial charge in [-0.1, -0.05) is 24.3 Å². The van der Waals surface area contributed by atoms with Crippen molar-refractivity contribution < 1.29 is 5.11 Å². The molecule has 0 saturated carbocycles. The summed E-state index contributed by atoms with van der Waals surface area (Å²) in [6, 6.07) is 11.8. The fraction of sp³-hybridized carbons (Fsp3) is 0.133. The van der Waals surface area contributed by atoms with Gasteiger partial charge < -0.3 is 10.1 Å². The Kier molecular flexibility index (Phi) is 2.61. The van der Waals surface area contributed by atoms with Crippen molar-refractivity contribution >= 4 is 10.9 Å². The molecule has 0 radical (unpaired) electrons. The van der Waals surface area contributed by atoms with Gasteiger partial charge in [-0.05, 0) is 24.6 Å². The molecule has 0 saturated heterocycles. The summed E-state index contributed by atoms with van der Waals surface area (Å²) in [6.45, 7) is 1.98. The number of hydrogen-bond acceptors (Lipinski definition) is 2. The highest BCUT2D eigenvalue weighted by Crippen LogP contribution is 2.27. The zero-order valence-electron chi connectivity index (χ0n) is 10.1. The van der Waals surface area contributed by atoms with E-state index in [1.807, 2.05) is 49.5 Å². The molecule has 2 aromatic heterocycles. The molecule has 1 aromatic carbocycles. The molecule has 0 amide bonds. The van der Waals surface area contributed by atoms with Gasteiger partial charge in [-0.2, -0.15) is 0 Å². The van der Waals surface area contributed by atoms with Crippen LogP contribution in [0.3, 0.4) is 0 Å². The second-order valence-electron chi connectivity index (χ2n) is 4.45. The van der Waals surface area contributed by atoms with Crippen molar-refractivity contribution in [3.05, 3.63) is 65.6 Å². The molecule has 3 rings (SSSR count). The molecular weight excluding hydrogens is 224 g/mol. The third-order valence-electron chi connectivity index (χ3n) is 3.13. The van der Waals surface area contributed by atoms with Crippen molar-refractivity contribution in [1.82, 2.24) is 9.97 Å². The summed E-state index contributed by atoms with van der Waals surface area (Å²) in [7, 11) is 0. The highest BCUT2D eigenvalue weighted by molar-refractivity contribution is 5.83. The zero-order valence-corrected chi connectivity index (χ0v) is 10.1. The Bertz CT molecular complexity index is 670. The van der Waals surface area contributed by atoms with Gasteiger partial charge in [-0.3, -0.25) is 4.98 Å². The van der Waals surface area contributed by atoms with Gasteiger partial charge in [0.1, 0.15) is 6.10 Å². The molecule has 0 fully saturated rings. The predicted octanol–water partition coefficient (Wildman–Crippen LogP) is 2.95. The Morgan fingerprint density at radius 1 is 1.17 bits per heavy atom. The van der Waals surface area contributed by atoms with Crippen LogP contribution in [0.4, 0.5) is 0 Å². The third kappa shape index (κ3) is 1.79. The lowest BCUT2D eigenvalue weighted by Gasteiger charge is -2.09. The van der Waals surface area contributed by atoms with Crippen LogP contribution in [0.25, 0.3) is 10.9 Å². The Hall–Kier alpha value is -2.13. The van der Waals surface area contributed by atoms with Crippen molar-refractivity contribution in [3.63, 3.8) is 0 Å². The highest BCUT2D eigenvalue weighted by Gasteiger charge is 2.15. The second kappa shape index (κ2) is 4.27. The van der Waals surface area contributed by atoms with Gasteiger partial charge in [-0.25, -0.2) is 0 Å². The fourth-order valence-electron chi connectivity index (χ4n) is 2.12. The molecule has 1 unspecified atom stereocenters. The van der Waals surface area contributed by atoms with Gasteiger partial charge in [0, 0.05) is 28.9 Å². The normalized spacial score (nSPS) is 12.8. The molecule has 0 aliphatic heterocycles. The van der Waals surface area contributed by atoms with E-state index in [0.717, 1.165) is 22.0 Å². The number of nitrogens with one attached hydrogen (secondary N) is 1. The second-order valence-corrected chi connectivity index (χ2v) is 4.45. The number of aliphatic hydroxyl groups is 1. The maximum atomic E-state index is 10.4. The van der Waals surface area contributed by atoms with Gasteiger partial charge in [0.2, 0.25) is 0 Å². The summed E-state index contributed by atoms with van der Waals surface area (Å²) >= 11 is 0. The molecule has 3 aromatic rings. The quantitative estimate of drug-likeness (QED) is 0.721. The first-order valence-corrected chi connectivity index (χ1v) is 5.92. The monoisotopic (exact) mass is 238 g/mol. The van der Waals surface area contributed by atoms with Gasteiger partial charge in [-0.15, -0.1) is 0 Å². The number of hydrogen-bond donors (Lipinski definition) is 2. The van der Waals surface area contributed by atoms with Crippen LogP contribution in [-0.4, -0.2) is 15.1 Å². The van der Waals surface area contributed by atoms with Crippen molar-refractivity contribution in [2.75, 3.05) is 0 Å². The number of aliphatic hydroxyl groups excluding tert-OH is 1. The first-order chi connectivity index (χ1) is 8.75. The average molecular weight is 238 g/mol. The topological polar surface area (TPSA) is 48.9 Å². The van der Waals surface area contributed by atoms with Crippen molar-refractivity contribution in [1.29, 1.82) is 0 Å². The van der Waals surface area contributed by atoms with Crippen LogP contribution in [0.5, 0.6) is 0 Å². The van der Waals surface area contributed by atoms with Gasteiger partial charge in [0.25, 0.3) is 0 Å². The van der Waals surface area contributed by atoms with E-state index in [9.17, 15) is 5.11 Å². The summed E-state index contributed by atoms with van der Waals surface area (Å²) < 4.78 is 0. The molecule has 0 bridgehead atoms.